The Morgan fingerprint density at radius 3 is 2.35 bits per heavy atom. The van der Waals surface area contributed by atoms with Crippen LogP contribution in [0.2, 0.25) is 0 Å². The van der Waals surface area contributed by atoms with Gasteiger partial charge in [-0.2, -0.15) is 0 Å². The van der Waals surface area contributed by atoms with E-state index >= 15 is 0 Å². The highest BCUT2D eigenvalue weighted by Gasteiger charge is 2.34. The molecule has 5 rings (SSSR count). The first-order valence-electron chi connectivity index (χ1n) is 10.9. The molecule has 7 heteroatoms. The van der Waals surface area contributed by atoms with Crippen molar-refractivity contribution in [1.82, 2.24) is 4.90 Å². The molecule has 2 amide bonds. The Morgan fingerprint density at radius 1 is 0.882 bits per heavy atom. The summed E-state index contributed by atoms with van der Waals surface area (Å²) < 4.78 is 22.1. The summed E-state index contributed by atoms with van der Waals surface area (Å²) >= 11 is 0. The fourth-order valence-corrected chi connectivity index (χ4v) is 4.14. The van der Waals surface area contributed by atoms with E-state index in [9.17, 15) is 9.59 Å². The van der Waals surface area contributed by atoms with Crippen LogP contribution in [0.3, 0.4) is 0 Å². The first-order chi connectivity index (χ1) is 16.6. The van der Waals surface area contributed by atoms with Crippen LogP contribution in [0.5, 0.6) is 23.0 Å². The maximum Gasteiger partial charge on any atom is 0.261 e. The molecule has 2 aliphatic heterocycles. The van der Waals surface area contributed by atoms with Gasteiger partial charge in [-0.1, -0.05) is 30.3 Å². The molecule has 0 aliphatic carbocycles. The van der Waals surface area contributed by atoms with Gasteiger partial charge in [0.15, 0.2) is 11.5 Å². The molecule has 0 bridgehead atoms. The monoisotopic (exact) mass is 457 g/mol. The van der Waals surface area contributed by atoms with Gasteiger partial charge in [0.05, 0.1) is 20.8 Å². The molecular formula is C27H23NO6. The van der Waals surface area contributed by atoms with Crippen LogP contribution < -0.4 is 18.9 Å². The van der Waals surface area contributed by atoms with Crippen molar-refractivity contribution >= 4 is 23.5 Å². The van der Waals surface area contributed by atoms with E-state index in [4.69, 9.17) is 18.9 Å². The van der Waals surface area contributed by atoms with Gasteiger partial charge < -0.3 is 18.9 Å². The number of amides is 2. The van der Waals surface area contributed by atoms with Gasteiger partial charge in [0.25, 0.3) is 11.8 Å². The molecule has 7 nitrogen and oxygen atoms in total. The van der Waals surface area contributed by atoms with Crippen LogP contribution in [0.25, 0.3) is 11.6 Å². The maximum absolute atomic E-state index is 13.6. The predicted molar refractivity (Wildman–Crippen MR) is 126 cm³/mol. The first kappa shape index (κ1) is 21.6. The number of benzene rings is 3. The Balaban J connectivity index is 1.57. The Morgan fingerprint density at radius 2 is 1.62 bits per heavy atom. The summed E-state index contributed by atoms with van der Waals surface area (Å²) in [4.78, 5) is 28.1. The fraction of sp³-hybridized carbons (Fsp3) is 0.185. The van der Waals surface area contributed by atoms with Crippen LogP contribution in [-0.2, 0) is 11.3 Å². The Labute approximate surface area is 197 Å². The molecule has 0 atom stereocenters. The van der Waals surface area contributed by atoms with Gasteiger partial charge in [0, 0.05) is 11.1 Å². The van der Waals surface area contributed by atoms with Crippen LogP contribution in [-0.4, -0.2) is 44.1 Å². The van der Waals surface area contributed by atoms with Gasteiger partial charge in [0.1, 0.15) is 19.0 Å². The van der Waals surface area contributed by atoms with Crippen molar-refractivity contribution in [2.24, 2.45) is 0 Å². The second kappa shape index (κ2) is 8.94. The lowest BCUT2D eigenvalue weighted by Gasteiger charge is -2.29. The Bertz CT molecular complexity index is 1280. The molecule has 2 heterocycles. The zero-order valence-corrected chi connectivity index (χ0v) is 18.9. The van der Waals surface area contributed by atoms with Gasteiger partial charge >= 0.3 is 0 Å². The SMILES string of the molecule is COc1ccc(CN2C(=O)/C(=C/c3cc(OC)c4c(c3)OCCO4)c3ccccc3C2=O)cc1. The van der Waals surface area contributed by atoms with E-state index in [0.29, 0.717) is 58.5 Å². The summed E-state index contributed by atoms with van der Waals surface area (Å²) in [5, 5.41) is 0. The van der Waals surface area contributed by atoms with Crippen LogP contribution >= 0.6 is 0 Å². The van der Waals surface area contributed by atoms with Crippen LogP contribution in [0.4, 0.5) is 0 Å². The molecule has 0 saturated heterocycles. The number of methoxy groups -OCH3 is 2. The van der Waals surface area contributed by atoms with Crippen molar-refractivity contribution in [3.8, 4) is 23.0 Å². The summed E-state index contributed by atoms with van der Waals surface area (Å²) in [5.74, 6) is 1.63. The molecule has 0 aromatic heterocycles. The lowest BCUT2D eigenvalue weighted by molar-refractivity contribution is -0.123. The lowest BCUT2D eigenvalue weighted by Crippen LogP contribution is -2.41. The van der Waals surface area contributed by atoms with Gasteiger partial charge in [-0.3, -0.25) is 14.5 Å². The number of hydrogen-bond donors (Lipinski definition) is 0. The van der Waals surface area contributed by atoms with Crippen LogP contribution in [0, 0.1) is 0 Å². The molecule has 0 saturated carbocycles. The zero-order chi connectivity index (χ0) is 23.7. The number of ether oxygens (including phenoxy) is 4. The van der Waals surface area contributed by atoms with Crippen molar-refractivity contribution in [1.29, 1.82) is 0 Å². The molecule has 3 aromatic carbocycles. The minimum atomic E-state index is -0.367. The summed E-state index contributed by atoms with van der Waals surface area (Å²) in [7, 11) is 3.15. The quantitative estimate of drug-likeness (QED) is 0.422. The maximum atomic E-state index is 13.6. The second-order valence-corrected chi connectivity index (χ2v) is 7.90. The first-order valence-corrected chi connectivity index (χ1v) is 10.9. The second-order valence-electron chi connectivity index (χ2n) is 7.90. The molecular weight excluding hydrogens is 434 g/mol. The molecule has 34 heavy (non-hydrogen) atoms. The minimum absolute atomic E-state index is 0.151. The smallest absolute Gasteiger partial charge is 0.261 e. The van der Waals surface area contributed by atoms with E-state index in [2.05, 4.69) is 0 Å². The Kier molecular flexibility index (Phi) is 5.67. The van der Waals surface area contributed by atoms with Crippen LogP contribution in [0.1, 0.15) is 27.0 Å². The summed E-state index contributed by atoms with van der Waals surface area (Å²) in [6, 6.07) is 18.0. The number of hydrogen-bond acceptors (Lipinski definition) is 6. The average Bonchev–Trinajstić information content (AvgIpc) is 2.89. The van der Waals surface area contributed by atoms with Crippen molar-refractivity contribution < 1.29 is 28.5 Å². The molecule has 172 valence electrons. The summed E-state index contributed by atoms with van der Waals surface area (Å²) in [6.07, 6.45) is 1.76. The highest BCUT2D eigenvalue weighted by Crippen LogP contribution is 2.41. The van der Waals surface area contributed by atoms with Crippen molar-refractivity contribution in [3.63, 3.8) is 0 Å². The van der Waals surface area contributed by atoms with E-state index in [1.807, 2.05) is 24.3 Å². The molecule has 0 unspecified atom stereocenters. The van der Waals surface area contributed by atoms with Crippen LogP contribution in [0.15, 0.2) is 60.7 Å². The predicted octanol–water partition coefficient (Wildman–Crippen LogP) is 4.20. The topological polar surface area (TPSA) is 74.3 Å². The van der Waals surface area contributed by atoms with Gasteiger partial charge in [-0.05, 0) is 53.1 Å². The third-order valence-corrected chi connectivity index (χ3v) is 5.83. The molecule has 0 spiro atoms. The van der Waals surface area contributed by atoms with Gasteiger partial charge in [-0.15, -0.1) is 0 Å². The van der Waals surface area contributed by atoms with Crippen molar-refractivity contribution in [2.75, 3.05) is 27.4 Å². The van der Waals surface area contributed by atoms with E-state index in [-0.39, 0.29) is 18.4 Å². The largest absolute Gasteiger partial charge is 0.497 e. The van der Waals surface area contributed by atoms with E-state index in [1.54, 1.807) is 56.7 Å². The molecule has 3 aromatic rings. The van der Waals surface area contributed by atoms with E-state index in [1.165, 1.54) is 4.90 Å². The highest BCUT2D eigenvalue weighted by atomic mass is 16.6. The molecule has 0 N–H and O–H groups in total. The number of imide groups is 1. The molecule has 2 aliphatic rings. The number of rotatable bonds is 5. The zero-order valence-electron chi connectivity index (χ0n) is 18.9. The van der Waals surface area contributed by atoms with Crippen molar-refractivity contribution in [3.05, 3.63) is 82.9 Å². The third-order valence-electron chi connectivity index (χ3n) is 5.83. The van der Waals surface area contributed by atoms with Crippen molar-refractivity contribution in [2.45, 2.75) is 6.54 Å². The number of fused-ring (bicyclic) bond motifs is 2. The minimum Gasteiger partial charge on any atom is -0.497 e. The fourth-order valence-electron chi connectivity index (χ4n) is 4.14. The number of carbonyl (C=O) groups is 2. The molecule has 0 fully saturated rings. The van der Waals surface area contributed by atoms with Gasteiger partial charge in [0.2, 0.25) is 5.75 Å². The average molecular weight is 457 g/mol. The van der Waals surface area contributed by atoms with E-state index < -0.39 is 0 Å². The number of nitrogens with zero attached hydrogens (tertiary/aromatic N) is 1. The summed E-state index contributed by atoms with van der Waals surface area (Å²) in [5.41, 5.74) is 3.02. The number of carbonyl (C=O) groups excluding carboxylic acids is 2. The third kappa shape index (κ3) is 3.85. The molecule has 0 radical (unpaired) electrons. The van der Waals surface area contributed by atoms with Gasteiger partial charge in [-0.25, -0.2) is 0 Å². The Hall–Kier alpha value is -4.26. The summed E-state index contributed by atoms with van der Waals surface area (Å²) in [6.45, 7) is 1.03. The lowest BCUT2D eigenvalue weighted by atomic mass is 9.91. The standard InChI is InChI=1S/C27H23NO6/c1-31-19-9-7-17(8-10-19)16-28-26(29)21-6-4-3-5-20(21)22(27(28)30)13-18-14-23(32-2)25-24(15-18)33-11-12-34-25/h3-10,13-15H,11-12,16H2,1-2H3/b22-13+. The van der Waals surface area contributed by atoms with E-state index in [0.717, 1.165) is 5.56 Å². The normalized spacial score (nSPS) is 15.8. The highest BCUT2D eigenvalue weighted by molar-refractivity contribution is 6.33.